The number of rotatable bonds is 5. The first-order valence-corrected chi connectivity index (χ1v) is 9.45. The lowest BCUT2D eigenvalue weighted by Crippen LogP contribution is -2.44. The molecule has 2 aliphatic rings. The lowest BCUT2D eigenvalue weighted by molar-refractivity contribution is 0.113. The Morgan fingerprint density at radius 1 is 1.28 bits per heavy atom. The van der Waals surface area contributed by atoms with E-state index in [9.17, 15) is 9.90 Å². The van der Waals surface area contributed by atoms with Crippen molar-refractivity contribution < 1.29 is 9.90 Å². The van der Waals surface area contributed by atoms with Gasteiger partial charge in [0.25, 0.3) is 0 Å². The Bertz CT molecular complexity index is 546. The molecule has 1 saturated heterocycles. The van der Waals surface area contributed by atoms with Crippen molar-refractivity contribution in [2.75, 3.05) is 38.1 Å². The van der Waals surface area contributed by atoms with Gasteiger partial charge >= 0.3 is 6.03 Å². The average molecular weight is 346 g/mol. The minimum absolute atomic E-state index is 0.0179. The highest BCUT2D eigenvalue weighted by molar-refractivity contribution is 5.73. The smallest absolute Gasteiger partial charge is 0.317 e. The van der Waals surface area contributed by atoms with Gasteiger partial charge in [-0.25, -0.2) is 4.79 Å². The maximum absolute atomic E-state index is 12.3. The van der Waals surface area contributed by atoms with E-state index in [4.69, 9.17) is 0 Å². The van der Waals surface area contributed by atoms with Crippen molar-refractivity contribution in [2.24, 2.45) is 11.8 Å². The van der Waals surface area contributed by atoms with Gasteiger partial charge in [-0.3, -0.25) is 4.98 Å². The zero-order valence-electron chi connectivity index (χ0n) is 15.1. The van der Waals surface area contributed by atoms with Crippen LogP contribution < -0.4 is 10.2 Å². The number of nitrogens with zero attached hydrogens (tertiary/aromatic N) is 3. The maximum Gasteiger partial charge on any atom is 0.317 e. The molecule has 1 saturated carbocycles. The molecule has 2 unspecified atom stereocenters. The molecule has 0 spiro atoms. The second-order valence-corrected chi connectivity index (χ2v) is 7.46. The summed E-state index contributed by atoms with van der Waals surface area (Å²) in [6.07, 6.45) is 8.56. The van der Waals surface area contributed by atoms with E-state index in [0.717, 1.165) is 51.7 Å². The van der Waals surface area contributed by atoms with Crippen molar-refractivity contribution in [3.63, 3.8) is 0 Å². The number of anilines is 1. The minimum atomic E-state index is -0.243. The molecular formula is C19H30N4O2. The van der Waals surface area contributed by atoms with Crippen molar-refractivity contribution >= 4 is 11.7 Å². The summed E-state index contributed by atoms with van der Waals surface area (Å²) in [5.74, 6) is 0.770. The number of pyridine rings is 1. The van der Waals surface area contributed by atoms with Gasteiger partial charge < -0.3 is 20.2 Å². The topological polar surface area (TPSA) is 68.7 Å². The van der Waals surface area contributed by atoms with E-state index in [2.05, 4.69) is 27.3 Å². The van der Waals surface area contributed by atoms with Crippen LogP contribution in [-0.4, -0.2) is 60.4 Å². The standard InChI is InChI=1S/C19H30N4O2/c1-22(14-16-3-2-4-18(16)24)19(25)21-13-15-7-11-23(12-8-15)17-5-9-20-10-6-17/h5-6,9-10,15-16,18,24H,2-4,7-8,11-14H2,1H3,(H,21,25). The molecule has 2 heterocycles. The third-order valence-electron chi connectivity index (χ3n) is 5.66. The van der Waals surface area contributed by atoms with Crippen molar-refractivity contribution in [1.82, 2.24) is 15.2 Å². The Kier molecular flexibility index (Phi) is 6.13. The van der Waals surface area contributed by atoms with Gasteiger partial charge in [0.15, 0.2) is 0 Å². The third kappa shape index (κ3) is 4.84. The fourth-order valence-electron chi connectivity index (χ4n) is 3.98. The Hall–Kier alpha value is -1.82. The largest absolute Gasteiger partial charge is 0.393 e. The molecule has 0 radical (unpaired) electrons. The molecule has 1 aliphatic heterocycles. The summed E-state index contributed by atoms with van der Waals surface area (Å²) in [6.45, 7) is 3.43. The summed E-state index contributed by atoms with van der Waals surface area (Å²) in [4.78, 5) is 20.5. The van der Waals surface area contributed by atoms with Crippen molar-refractivity contribution in [2.45, 2.75) is 38.2 Å². The number of carbonyl (C=O) groups excluding carboxylic acids is 1. The number of hydrogen-bond acceptors (Lipinski definition) is 4. The number of aliphatic hydroxyl groups is 1. The summed E-state index contributed by atoms with van der Waals surface area (Å²) in [7, 11) is 1.83. The molecule has 1 aromatic rings. The summed E-state index contributed by atoms with van der Waals surface area (Å²) in [6, 6.07) is 4.08. The van der Waals surface area contributed by atoms with Crippen molar-refractivity contribution in [3.05, 3.63) is 24.5 Å². The van der Waals surface area contributed by atoms with Crippen LogP contribution in [0.4, 0.5) is 10.5 Å². The summed E-state index contributed by atoms with van der Waals surface area (Å²) in [5, 5.41) is 13.0. The molecule has 2 atom stereocenters. The van der Waals surface area contributed by atoms with E-state index >= 15 is 0 Å². The predicted molar refractivity (Wildman–Crippen MR) is 98.6 cm³/mol. The highest BCUT2D eigenvalue weighted by Crippen LogP contribution is 2.26. The fraction of sp³-hybridized carbons (Fsp3) is 0.684. The molecule has 2 amide bonds. The Labute approximate surface area is 150 Å². The monoisotopic (exact) mass is 346 g/mol. The van der Waals surface area contributed by atoms with Gasteiger partial charge in [0.2, 0.25) is 0 Å². The van der Waals surface area contributed by atoms with Gasteiger partial charge in [-0.2, -0.15) is 0 Å². The molecular weight excluding hydrogens is 316 g/mol. The van der Waals surface area contributed by atoms with E-state index in [1.165, 1.54) is 5.69 Å². The number of aliphatic hydroxyl groups excluding tert-OH is 1. The first kappa shape index (κ1) is 18.0. The quantitative estimate of drug-likeness (QED) is 0.857. The molecule has 2 fully saturated rings. The first-order chi connectivity index (χ1) is 12.1. The molecule has 25 heavy (non-hydrogen) atoms. The van der Waals surface area contributed by atoms with Crippen LogP contribution in [0.15, 0.2) is 24.5 Å². The van der Waals surface area contributed by atoms with E-state index in [-0.39, 0.29) is 18.1 Å². The lowest BCUT2D eigenvalue weighted by atomic mass is 9.96. The van der Waals surface area contributed by atoms with Crippen molar-refractivity contribution in [1.29, 1.82) is 0 Å². The van der Waals surface area contributed by atoms with Crippen LogP contribution in [0.2, 0.25) is 0 Å². The van der Waals surface area contributed by atoms with Crippen LogP contribution in [0.25, 0.3) is 0 Å². The van der Waals surface area contributed by atoms with Crippen LogP contribution in [0.5, 0.6) is 0 Å². The van der Waals surface area contributed by atoms with Gasteiger partial charge in [-0.1, -0.05) is 6.42 Å². The van der Waals surface area contributed by atoms with Gasteiger partial charge in [0, 0.05) is 57.2 Å². The zero-order chi connectivity index (χ0) is 17.6. The number of urea groups is 1. The number of hydrogen-bond donors (Lipinski definition) is 2. The average Bonchev–Trinajstić information content (AvgIpc) is 3.05. The minimum Gasteiger partial charge on any atom is -0.393 e. The van der Waals surface area contributed by atoms with Crippen LogP contribution in [0.3, 0.4) is 0 Å². The number of carbonyl (C=O) groups is 1. The summed E-state index contributed by atoms with van der Waals surface area (Å²) >= 11 is 0. The number of piperidine rings is 1. The lowest BCUT2D eigenvalue weighted by Gasteiger charge is -2.34. The first-order valence-electron chi connectivity index (χ1n) is 9.45. The highest BCUT2D eigenvalue weighted by atomic mass is 16.3. The molecule has 1 aliphatic carbocycles. The normalized spacial score (nSPS) is 24.3. The SMILES string of the molecule is CN(CC1CCCC1O)C(=O)NCC1CCN(c2ccncc2)CC1. The molecule has 2 N–H and O–H groups in total. The Morgan fingerprint density at radius 3 is 2.64 bits per heavy atom. The Balaban J connectivity index is 1.37. The van der Waals surface area contributed by atoms with E-state index in [1.807, 2.05) is 19.4 Å². The highest BCUT2D eigenvalue weighted by Gasteiger charge is 2.27. The zero-order valence-corrected chi connectivity index (χ0v) is 15.1. The van der Waals surface area contributed by atoms with Gasteiger partial charge in [0.05, 0.1) is 6.10 Å². The maximum atomic E-state index is 12.3. The van der Waals surface area contributed by atoms with Crippen molar-refractivity contribution in [3.8, 4) is 0 Å². The molecule has 6 nitrogen and oxygen atoms in total. The molecule has 1 aromatic heterocycles. The number of aromatic nitrogens is 1. The number of amides is 2. The van der Waals surface area contributed by atoms with E-state index < -0.39 is 0 Å². The van der Waals surface area contributed by atoms with E-state index in [0.29, 0.717) is 12.5 Å². The molecule has 0 bridgehead atoms. The van der Waals surface area contributed by atoms with Crippen LogP contribution >= 0.6 is 0 Å². The van der Waals surface area contributed by atoms with Crippen LogP contribution in [0, 0.1) is 11.8 Å². The summed E-state index contributed by atoms with van der Waals surface area (Å²) < 4.78 is 0. The Morgan fingerprint density at radius 2 is 2.00 bits per heavy atom. The van der Waals surface area contributed by atoms with Crippen LogP contribution in [0.1, 0.15) is 32.1 Å². The van der Waals surface area contributed by atoms with Gasteiger partial charge in [-0.15, -0.1) is 0 Å². The molecule has 0 aromatic carbocycles. The molecule has 138 valence electrons. The van der Waals surface area contributed by atoms with Gasteiger partial charge in [0.1, 0.15) is 0 Å². The predicted octanol–water partition coefficient (Wildman–Crippen LogP) is 2.10. The molecule has 6 heteroatoms. The number of nitrogens with one attached hydrogen (secondary N) is 1. The van der Waals surface area contributed by atoms with Crippen LogP contribution in [-0.2, 0) is 0 Å². The van der Waals surface area contributed by atoms with Gasteiger partial charge in [-0.05, 0) is 43.7 Å². The second-order valence-electron chi connectivity index (χ2n) is 7.46. The third-order valence-corrected chi connectivity index (χ3v) is 5.66. The molecule has 3 rings (SSSR count). The fourth-order valence-corrected chi connectivity index (χ4v) is 3.98. The second kappa shape index (κ2) is 8.52. The summed E-state index contributed by atoms with van der Waals surface area (Å²) in [5.41, 5.74) is 1.23. The van der Waals surface area contributed by atoms with E-state index in [1.54, 1.807) is 4.90 Å².